The van der Waals surface area contributed by atoms with E-state index in [0.29, 0.717) is 43.2 Å². The van der Waals surface area contributed by atoms with E-state index >= 15 is 0 Å². The number of hydrogen-bond donors (Lipinski definition) is 1. The fourth-order valence-electron chi connectivity index (χ4n) is 2.46. The predicted octanol–water partition coefficient (Wildman–Crippen LogP) is 3.33. The van der Waals surface area contributed by atoms with E-state index in [-0.39, 0.29) is 5.57 Å². The van der Waals surface area contributed by atoms with E-state index in [2.05, 4.69) is 5.32 Å². The lowest BCUT2D eigenvalue weighted by atomic mass is 10.1. The predicted molar refractivity (Wildman–Crippen MR) is 107 cm³/mol. The van der Waals surface area contributed by atoms with E-state index < -0.39 is 5.91 Å². The molecule has 0 aromatic heterocycles. The van der Waals surface area contributed by atoms with Gasteiger partial charge in [-0.05, 0) is 35.8 Å². The quantitative estimate of drug-likeness (QED) is 0.388. The minimum Gasteiger partial charge on any atom is -0.493 e. The van der Waals surface area contributed by atoms with Crippen molar-refractivity contribution in [3.63, 3.8) is 0 Å². The summed E-state index contributed by atoms with van der Waals surface area (Å²) in [6, 6.07) is 17.0. The smallest absolute Gasteiger partial charge is 0.261 e. The van der Waals surface area contributed by atoms with Crippen LogP contribution in [0.3, 0.4) is 0 Å². The van der Waals surface area contributed by atoms with Crippen LogP contribution in [0, 0.1) is 11.3 Å². The molecule has 1 amide bonds. The monoisotopic (exact) mass is 380 g/mol. The van der Waals surface area contributed by atoms with E-state index in [0.717, 1.165) is 5.56 Å². The first-order valence-electron chi connectivity index (χ1n) is 8.91. The maximum Gasteiger partial charge on any atom is 0.261 e. The van der Waals surface area contributed by atoms with Crippen molar-refractivity contribution in [2.24, 2.45) is 0 Å². The van der Waals surface area contributed by atoms with E-state index in [1.807, 2.05) is 36.4 Å². The van der Waals surface area contributed by atoms with Crippen LogP contribution in [-0.2, 0) is 16.1 Å². The highest BCUT2D eigenvalue weighted by molar-refractivity contribution is 6.01. The number of nitrogens with zero attached hydrogens (tertiary/aromatic N) is 1. The number of nitriles is 1. The third kappa shape index (κ3) is 6.45. The first-order valence-corrected chi connectivity index (χ1v) is 8.91. The van der Waals surface area contributed by atoms with Crippen LogP contribution in [0.1, 0.15) is 17.5 Å². The van der Waals surface area contributed by atoms with Crippen LogP contribution < -0.4 is 14.8 Å². The normalized spacial score (nSPS) is 10.8. The second kappa shape index (κ2) is 11.4. The zero-order chi connectivity index (χ0) is 20.2. The fraction of sp³-hybridized carbons (Fsp3) is 0.273. The Hall–Kier alpha value is -3.30. The van der Waals surface area contributed by atoms with Crippen molar-refractivity contribution in [3.8, 4) is 17.6 Å². The Kier molecular flexibility index (Phi) is 8.57. The Bertz CT molecular complexity index is 841. The maximum atomic E-state index is 12.2. The summed E-state index contributed by atoms with van der Waals surface area (Å²) in [5.41, 5.74) is 1.72. The van der Waals surface area contributed by atoms with Crippen molar-refractivity contribution in [1.29, 1.82) is 5.26 Å². The summed E-state index contributed by atoms with van der Waals surface area (Å²) in [7, 11) is 3.16. The molecular formula is C22H24N2O4. The molecule has 2 aromatic rings. The van der Waals surface area contributed by atoms with E-state index in [9.17, 15) is 10.1 Å². The molecule has 0 unspecified atom stereocenters. The Morgan fingerprint density at radius 1 is 1.14 bits per heavy atom. The Morgan fingerprint density at radius 3 is 2.61 bits per heavy atom. The van der Waals surface area contributed by atoms with Gasteiger partial charge in [-0.1, -0.05) is 36.4 Å². The molecule has 0 aliphatic heterocycles. The van der Waals surface area contributed by atoms with Gasteiger partial charge in [0.15, 0.2) is 11.5 Å². The SMILES string of the molecule is COCCCNC(=O)/C(C#N)=C/c1ccc(OC)c(OCc2ccccc2)c1. The molecule has 6 heteroatoms. The number of carbonyl (C=O) groups is 1. The van der Waals surface area contributed by atoms with Gasteiger partial charge in [-0.2, -0.15) is 5.26 Å². The number of methoxy groups -OCH3 is 2. The average molecular weight is 380 g/mol. The van der Waals surface area contributed by atoms with Crippen molar-refractivity contribution in [2.75, 3.05) is 27.4 Å². The molecule has 0 heterocycles. The van der Waals surface area contributed by atoms with Gasteiger partial charge in [-0.25, -0.2) is 0 Å². The van der Waals surface area contributed by atoms with Crippen molar-refractivity contribution in [2.45, 2.75) is 13.0 Å². The number of carbonyl (C=O) groups excluding carboxylic acids is 1. The van der Waals surface area contributed by atoms with Gasteiger partial charge in [0.2, 0.25) is 0 Å². The molecule has 0 saturated carbocycles. The molecule has 0 fully saturated rings. The number of benzene rings is 2. The average Bonchev–Trinajstić information content (AvgIpc) is 2.74. The van der Waals surface area contributed by atoms with Crippen molar-refractivity contribution in [3.05, 3.63) is 65.2 Å². The fourth-order valence-corrected chi connectivity index (χ4v) is 2.46. The Labute approximate surface area is 165 Å². The molecule has 0 saturated heterocycles. The van der Waals surface area contributed by atoms with Crippen LogP contribution in [0.15, 0.2) is 54.1 Å². The Balaban J connectivity index is 2.12. The largest absolute Gasteiger partial charge is 0.493 e. The van der Waals surface area contributed by atoms with Crippen molar-refractivity contribution >= 4 is 12.0 Å². The van der Waals surface area contributed by atoms with Gasteiger partial charge in [0, 0.05) is 20.3 Å². The van der Waals surface area contributed by atoms with Crippen LogP contribution >= 0.6 is 0 Å². The summed E-state index contributed by atoms with van der Waals surface area (Å²) >= 11 is 0. The van der Waals surface area contributed by atoms with E-state index in [1.165, 1.54) is 6.08 Å². The number of nitrogens with one attached hydrogen (secondary N) is 1. The summed E-state index contributed by atoms with van der Waals surface area (Å²) in [5.74, 6) is 0.703. The summed E-state index contributed by atoms with van der Waals surface area (Å²) < 4.78 is 16.2. The number of ether oxygens (including phenoxy) is 3. The second-order valence-corrected chi connectivity index (χ2v) is 5.96. The van der Waals surface area contributed by atoms with E-state index in [1.54, 1.807) is 32.4 Å². The van der Waals surface area contributed by atoms with Gasteiger partial charge in [0.25, 0.3) is 5.91 Å². The zero-order valence-electron chi connectivity index (χ0n) is 16.1. The minimum absolute atomic E-state index is 0.0246. The number of amides is 1. The lowest BCUT2D eigenvalue weighted by Gasteiger charge is -2.12. The lowest BCUT2D eigenvalue weighted by molar-refractivity contribution is -0.117. The topological polar surface area (TPSA) is 80.6 Å². The molecule has 0 aliphatic carbocycles. The molecule has 0 aliphatic rings. The summed E-state index contributed by atoms with van der Waals surface area (Å²) in [4.78, 5) is 12.2. The highest BCUT2D eigenvalue weighted by Crippen LogP contribution is 2.29. The zero-order valence-corrected chi connectivity index (χ0v) is 16.1. The van der Waals surface area contributed by atoms with E-state index in [4.69, 9.17) is 14.2 Å². The molecule has 0 radical (unpaired) electrons. The molecule has 1 N–H and O–H groups in total. The van der Waals surface area contributed by atoms with Crippen LogP contribution in [0.25, 0.3) is 6.08 Å². The first-order chi connectivity index (χ1) is 13.7. The first kappa shape index (κ1) is 21.0. The van der Waals surface area contributed by atoms with Gasteiger partial charge in [0.05, 0.1) is 7.11 Å². The van der Waals surface area contributed by atoms with Crippen LogP contribution in [0.4, 0.5) is 0 Å². The molecule has 2 aromatic carbocycles. The summed E-state index contributed by atoms with van der Waals surface area (Å²) in [6.07, 6.45) is 2.21. The highest BCUT2D eigenvalue weighted by Gasteiger charge is 2.10. The summed E-state index contributed by atoms with van der Waals surface area (Å²) in [6.45, 7) is 1.38. The van der Waals surface area contributed by atoms with Crippen LogP contribution in [0.5, 0.6) is 11.5 Å². The minimum atomic E-state index is -0.416. The van der Waals surface area contributed by atoms with Crippen molar-refractivity contribution in [1.82, 2.24) is 5.32 Å². The van der Waals surface area contributed by atoms with Gasteiger partial charge in [-0.15, -0.1) is 0 Å². The third-order valence-corrected chi connectivity index (χ3v) is 3.91. The Morgan fingerprint density at radius 2 is 1.93 bits per heavy atom. The molecule has 0 atom stereocenters. The molecule has 2 rings (SSSR count). The maximum absolute atomic E-state index is 12.2. The third-order valence-electron chi connectivity index (χ3n) is 3.91. The van der Waals surface area contributed by atoms with Gasteiger partial charge >= 0.3 is 0 Å². The molecule has 28 heavy (non-hydrogen) atoms. The molecule has 146 valence electrons. The molecule has 0 bridgehead atoms. The second-order valence-electron chi connectivity index (χ2n) is 5.96. The van der Waals surface area contributed by atoms with Crippen molar-refractivity contribution < 1.29 is 19.0 Å². The lowest BCUT2D eigenvalue weighted by Crippen LogP contribution is -2.26. The number of rotatable bonds is 10. The van der Waals surface area contributed by atoms with Gasteiger partial charge in [0.1, 0.15) is 18.2 Å². The molecular weight excluding hydrogens is 356 g/mol. The highest BCUT2D eigenvalue weighted by atomic mass is 16.5. The van der Waals surface area contributed by atoms with Crippen LogP contribution in [0.2, 0.25) is 0 Å². The summed E-state index contributed by atoms with van der Waals surface area (Å²) in [5, 5.41) is 12.0. The standard InChI is InChI=1S/C22H24N2O4/c1-26-12-6-11-24-22(25)19(15-23)13-18-9-10-20(27-2)21(14-18)28-16-17-7-4-3-5-8-17/h3-5,7-10,13-14H,6,11-12,16H2,1-2H3,(H,24,25)/b19-13+. The molecule has 6 nitrogen and oxygen atoms in total. The molecule has 0 spiro atoms. The van der Waals surface area contributed by atoms with Crippen LogP contribution in [-0.4, -0.2) is 33.3 Å². The van der Waals surface area contributed by atoms with Gasteiger partial charge in [-0.3, -0.25) is 4.79 Å². The van der Waals surface area contributed by atoms with Gasteiger partial charge < -0.3 is 19.5 Å². The number of hydrogen-bond acceptors (Lipinski definition) is 5.